The first-order valence-electron chi connectivity index (χ1n) is 4.95. The summed E-state index contributed by atoms with van der Waals surface area (Å²) >= 11 is 1.50. The number of hydrogen-bond donors (Lipinski definition) is 1. The molecule has 0 aliphatic heterocycles. The Morgan fingerprint density at radius 3 is 2.38 bits per heavy atom. The average Bonchev–Trinajstić information content (AvgIpc) is 2.08. The Bertz CT molecular complexity index is 250. The molecule has 1 N–H and O–H groups in total. The summed E-state index contributed by atoms with van der Waals surface area (Å²) in [5.74, 6) is -0.658. The highest BCUT2D eigenvalue weighted by Gasteiger charge is 2.19. The van der Waals surface area contributed by atoms with Gasteiger partial charge in [0.1, 0.15) is 5.60 Å². The van der Waals surface area contributed by atoms with Crippen molar-refractivity contribution in [3.63, 3.8) is 0 Å². The fourth-order valence-corrected chi connectivity index (χ4v) is 1.41. The van der Waals surface area contributed by atoms with Gasteiger partial charge in [-0.1, -0.05) is 0 Å². The highest BCUT2D eigenvalue weighted by Crippen LogP contribution is 2.07. The summed E-state index contributed by atoms with van der Waals surface area (Å²) < 4.78 is 4.95. The molecule has 0 aliphatic carbocycles. The standard InChI is InChI=1S/C10H19NO4S/c1-10(2,3)15-9(14)11-7(8(12)13)5-6-16-4/h7H,5-6H2,1-4H3,(H,11,14)(H,12,13)/p-1/t7-/m1/s1. The molecule has 6 heteroatoms. The van der Waals surface area contributed by atoms with Gasteiger partial charge in [0.15, 0.2) is 0 Å². The number of amides is 1. The minimum Gasteiger partial charge on any atom is -0.548 e. The lowest BCUT2D eigenvalue weighted by Gasteiger charge is -2.24. The summed E-state index contributed by atoms with van der Waals surface area (Å²) in [5, 5.41) is 13.0. The molecular weight excluding hydrogens is 230 g/mol. The van der Waals surface area contributed by atoms with Crippen molar-refractivity contribution in [3.05, 3.63) is 0 Å². The normalized spacial score (nSPS) is 13.0. The number of rotatable bonds is 5. The van der Waals surface area contributed by atoms with Gasteiger partial charge >= 0.3 is 6.09 Å². The van der Waals surface area contributed by atoms with Crippen molar-refractivity contribution in [3.8, 4) is 0 Å². The van der Waals surface area contributed by atoms with Crippen molar-refractivity contribution >= 4 is 23.8 Å². The molecule has 0 saturated carbocycles. The zero-order valence-corrected chi connectivity index (χ0v) is 10.8. The molecule has 1 amide bonds. The maximum atomic E-state index is 11.3. The summed E-state index contributed by atoms with van der Waals surface area (Å²) in [5.41, 5.74) is -0.639. The van der Waals surface area contributed by atoms with Crippen LogP contribution >= 0.6 is 11.8 Å². The Morgan fingerprint density at radius 1 is 1.44 bits per heavy atom. The van der Waals surface area contributed by atoms with Crippen molar-refractivity contribution in [1.29, 1.82) is 0 Å². The molecule has 0 aromatic carbocycles. The molecule has 0 spiro atoms. The van der Waals surface area contributed by atoms with Crippen LogP contribution in [0, 0.1) is 0 Å². The third-order valence-corrected chi connectivity index (χ3v) is 2.23. The molecule has 0 rings (SSSR count). The molecule has 0 heterocycles. The number of ether oxygens (including phenoxy) is 1. The highest BCUT2D eigenvalue weighted by molar-refractivity contribution is 7.98. The molecule has 1 atom stereocenters. The maximum Gasteiger partial charge on any atom is 0.408 e. The minimum atomic E-state index is -1.29. The number of carbonyl (C=O) groups excluding carboxylic acids is 2. The van der Waals surface area contributed by atoms with Crippen LogP contribution in [0.15, 0.2) is 0 Å². The summed E-state index contributed by atoms with van der Waals surface area (Å²) in [6.45, 7) is 5.13. The molecule has 0 aromatic heterocycles. The van der Waals surface area contributed by atoms with Crippen molar-refractivity contribution < 1.29 is 19.4 Å². The fraction of sp³-hybridized carbons (Fsp3) is 0.800. The van der Waals surface area contributed by atoms with Crippen LogP contribution in [-0.2, 0) is 9.53 Å². The molecule has 0 radical (unpaired) electrons. The van der Waals surface area contributed by atoms with Gasteiger partial charge < -0.3 is 20.0 Å². The van der Waals surface area contributed by atoms with E-state index in [2.05, 4.69) is 5.32 Å². The maximum absolute atomic E-state index is 11.3. The second kappa shape index (κ2) is 6.62. The van der Waals surface area contributed by atoms with E-state index in [-0.39, 0.29) is 0 Å². The van der Waals surface area contributed by atoms with Crippen LogP contribution in [0.3, 0.4) is 0 Å². The SMILES string of the molecule is CSCC[C@@H](NC(=O)OC(C)(C)C)C(=O)[O-]. The van der Waals surface area contributed by atoms with E-state index in [1.165, 1.54) is 11.8 Å². The predicted molar refractivity (Wildman–Crippen MR) is 61.2 cm³/mol. The van der Waals surface area contributed by atoms with Crippen LogP contribution in [0.1, 0.15) is 27.2 Å². The minimum absolute atomic E-state index is 0.322. The van der Waals surface area contributed by atoms with Gasteiger partial charge in [-0.3, -0.25) is 0 Å². The van der Waals surface area contributed by atoms with E-state index in [1.807, 2.05) is 6.26 Å². The highest BCUT2D eigenvalue weighted by atomic mass is 32.2. The van der Waals surface area contributed by atoms with E-state index >= 15 is 0 Å². The Morgan fingerprint density at radius 2 is 2.00 bits per heavy atom. The zero-order valence-electron chi connectivity index (χ0n) is 10.0. The van der Waals surface area contributed by atoms with Gasteiger partial charge in [0.05, 0.1) is 12.0 Å². The Balaban J connectivity index is 4.19. The second-order valence-electron chi connectivity index (χ2n) is 4.30. The summed E-state index contributed by atoms with van der Waals surface area (Å²) in [6.07, 6.45) is 1.45. The smallest absolute Gasteiger partial charge is 0.408 e. The first kappa shape index (κ1) is 15.1. The molecule has 0 fully saturated rings. The van der Waals surface area contributed by atoms with Crippen LogP contribution in [0.4, 0.5) is 4.79 Å². The number of alkyl carbamates (subject to hydrolysis) is 1. The Hall–Kier alpha value is -0.910. The second-order valence-corrected chi connectivity index (χ2v) is 5.28. The molecule has 5 nitrogen and oxygen atoms in total. The number of aliphatic carboxylic acids is 1. The average molecular weight is 248 g/mol. The van der Waals surface area contributed by atoms with E-state index in [1.54, 1.807) is 20.8 Å². The van der Waals surface area contributed by atoms with Gasteiger partial charge in [0.25, 0.3) is 0 Å². The molecule has 0 unspecified atom stereocenters. The first-order chi connectivity index (χ1) is 7.26. The lowest BCUT2D eigenvalue weighted by Crippen LogP contribution is -2.49. The number of nitrogens with one attached hydrogen (secondary N) is 1. The third kappa shape index (κ3) is 7.39. The van der Waals surface area contributed by atoms with E-state index in [9.17, 15) is 14.7 Å². The molecule has 16 heavy (non-hydrogen) atoms. The van der Waals surface area contributed by atoms with Crippen LogP contribution in [0.2, 0.25) is 0 Å². The lowest BCUT2D eigenvalue weighted by atomic mass is 10.2. The zero-order chi connectivity index (χ0) is 12.8. The topological polar surface area (TPSA) is 78.5 Å². The molecule has 0 bridgehead atoms. The largest absolute Gasteiger partial charge is 0.548 e. The number of thioether (sulfide) groups is 1. The van der Waals surface area contributed by atoms with Crippen LogP contribution in [-0.4, -0.2) is 35.7 Å². The Labute approximate surface area is 99.9 Å². The van der Waals surface area contributed by atoms with Crippen LogP contribution in [0.5, 0.6) is 0 Å². The van der Waals surface area contributed by atoms with Gasteiger partial charge in [-0.25, -0.2) is 4.79 Å². The van der Waals surface area contributed by atoms with E-state index in [0.29, 0.717) is 12.2 Å². The van der Waals surface area contributed by atoms with Gasteiger partial charge in [-0.05, 0) is 39.2 Å². The van der Waals surface area contributed by atoms with E-state index in [0.717, 1.165) is 0 Å². The molecule has 94 valence electrons. The third-order valence-electron chi connectivity index (χ3n) is 1.59. The molecule has 0 aromatic rings. The number of carboxylic acid groups (broad SMARTS) is 1. The molecular formula is C10H18NO4S-. The van der Waals surface area contributed by atoms with E-state index < -0.39 is 23.7 Å². The molecule has 0 aliphatic rings. The predicted octanol–water partition coefficient (Wildman–Crippen LogP) is 0.383. The molecule has 0 saturated heterocycles. The fourth-order valence-electron chi connectivity index (χ4n) is 0.934. The van der Waals surface area contributed by atoms with Gasteiger partial charge in [-0.2, -0.15) is 11.8 Å². The van der Waals surface area contributed by atoms with Crippen molar-refractivity contribution in [2.45, 2.75) is 38.8 Å². The monoisotopic (exact) mass is 248 g/mol. The van der Waals surface area contributed by atoms with Crippen molar-refractivity contribution in [2.75, 3.05) is 12.0 Å². The number of hydrogen-bond acceptors (Lipinski definition) is 5. The number of carboxylic acids is 1. The summed E-state index contributed by atoms with van der Waals surface area (Å²) in [7, 11) is 0. The van der Waals surface area contributed by atoms with Crippen LogP contribution < -0.4 is 10.4 Å². The van der Waals surface area contributed by atoms with E-state index in [4.69, 9.17) is 4.74 Å². The van der Waals surface area contributed by atoms with Gasteiger partial charge in [0, 0.05) is 0 Å². The van der Waals surface area contributed by atoms with Gasteiger partial charge in [-0.15, -0.1) is 0 Å². The van der Waals surface area contributed by atoms with Gasteiger partial charge in [0.2, 0.25) is 0 Å². The summed E-state index contributed by atoms with van der Waals surface area (Å²) in [4.78, 5) is 22.0. The van der Waals surface area contributed by atoms with Crippen LogP contribution in [0.25, 0.3) is 0 Å². The summed E-state index contributed by atoms with van der Waals surface area (Å²) in [6, 6.07) is -0.998. The first-order valence-corrected chi connectivity index (χ1v) is 6.35. The lowest BCUT2D eigenvalue weighted by molar-refractivity contribution is -0.308. The Kier molecular flexibility index (Phi) is 6.25. The number of carbonyl (C=O) groups is 2. The quantitative estimate of drug-likeness (QED) is 0.761. The van der Waals surface area contributed by atoms with Crippen molar-refractivity contribution in [1.82, 2.24) is 5.32 Å². The van der Waals surface area contributed by atoms with Crippen molar-refractivity contribution in [2.24, 2.45) is 0 Å².